The summed E-state index contributed by atoms with van der Waals surface area (Å²) >= 11 is 0. The lowest BCUT2D eigenvalue weighted by atomic mass is 10.1. The van der Waals surface area contributed by atoms with E-state index in [9.17, 15) is 21.6 Å². The van der Waals surface area contributed by atoms with Crippen molar-refractivity contribution in [3.05, 3.63) is 23.8 Å². The van der Waals surface area contributed by atoms with Gasteiger partial charge in [0.1, 0.15) is 11.8 Å². The highest BCUT2D eigenvalue weighted by Crippen LogP contribution is 2.28. The molecule has 27 heavy (non-hydrogen) atoms. The predicted molar refractivity (Wildman–Crippen MR) is 97.0 cm³/mol. The first kappa shape index (κ1) is 22.2. The number of piperazine rings is 1. The molecule has 1 fully saturated rings. The van der Waals surface area contributed by atoms with Crippen LogP contribution in [0.3, 0.4) is 0 Å². The lowest BCUT2D eigenvalue weighted by Crippen LogP contribution is -2.57. The Hall–Kier alpha value is -1.07. The van der Waals surface area contributed by atoms with Gasteiger partial charge in [-0.15, -0.1) is 12.4 Å². The van der Waals surface area contributed by atoms with Crippen molar-refractivity contribution in [3.8, 4) is 5.75 Å². The number of nitrogens with one attached hydrogen (secondary N) is 2. The molecular weight excluding hydrogens is 407 g/mol. The third-order valence-electron chi connectivity index (χ3n) is 4.63. The molecule has 1 atom stereocenters. The van der Waals surface area contributed by atoms with Crippen molar-refractivity contribution < 1.29 is 26.3 Å². The number of sulfonamides is 1. The Labute approximate surface area is 162 Å². The summed E-state index contributed by atoms with van der Waals surface area (Å²) in [4.78, 5) is 1.22. The van der Waals surface area contributed by atoms with E-state index in [1.807, 2.05) is 0 Å². The number of ether oxygens (including phenoxy) is 1. The van der Waals surface area contributed by atoms with Crippen LogP contribution in [0.4, 0.5) is 13.2 Å². The molecule has 0 bridgehead atoms. The molecule has 2 N–H and O–H groups in total. The van der Waals surface area contributed by atoms with Crippen molar-refractivity contribution in [3.63, 3.8) is 0 Å². The molecular formula is C16H23ClF3N3O3S. The minimum Gasteiger partial charge on any atom is -0.493 e. The number of rotatable bonds is 5. The summed E-state index contributed by atoms with van der Waals surface area (Å²) < 4.78 is 72.7. The van der Waals surface area contributed by atoms with E-state index >= 15 is 0 Å². The number of benzene rings is 1. The fraction of sp³-hybridized carbons (Fsp3) is 0.625. The van der Waals surface area contributed by atoms with Gasteiger partial charge in [0.25, 0.3) is 0 Å². The Bertz CT molecular complexity index is 740. The number of aryl methyl sites for hydroxylation is 1. The molecule has 0 spiro atoms. The second-order valence-corrected chi connectivity index (χ2v) is 8.18. The smallest absolute Gasteiger partial charge is 0.405 e. The van der Waals surface area contributed by atoms with Gasteiger partial charge in [0.05, 0.1) is 11.5 Å². The fourth-order valence-corrected chi connectivity index (χ4v) is 4.31. The van der Waals surface area contributed by atoms with Crippen LogP contribution in [-0.2, 0) is 16.4 Å². The van der Waals surface area contributed by atoms with Gasteiger partial charge in [-0.05, 0) is 36.6 Å². The maximum atomic E-state index is 13.4. The number of nitrogens with zero attached hydrogens (tertiary/aromatic N) is 1. The van der Waals surface area contributed by atoms with Crippen LogP contribution in [-0.4, -0.2) is 64.9 Å². The number of hydrogen-bond donors (Lipinski definition) is 2. The average Bonchev–Trinajstić information content (AvgIpc) is 2.61. The van der Waals surface area contributed by atoms with Gasteiger partial charge in [0.15, 0.2) is 0 Å². The first-order chi connectivity index (χ1) is 12.3. The van der Waals surface area contributed by atoms with Gasteiger partial charge in [-0.3, -0.25) is 4.90 Å². The van der Waals surface area contributed by atoms with E-state index in [1.165, 1.54) is 17.0 Å². The highest BCUT2D eigenvalue weighted by Gasteiger charge is 2.44. The Morgan fingerprint density at radius 3 is 2.63 bits per heavy atom. The van der Waals surface area contributed by atoms with Gasteiger partial charge in [-0.1, -0.05) is 0 Å². The molecule has 0 saturated carbocycles. The van der Waals surface area contributed by atoms with Crippen molar-refractivity contribution in [2.75, 3.05) is 39.3 Å². The van der Waals surface area contributed by atoms with Crippen LogP contribution >= 0.6 is 12.4 Å². The molecule has 0 radical (unpaired) electrons. The van der Waals surface area contributed by atoms with E-state index in [2.05, 4.69) is 10.0 Å². The summed E-state index contributed by atoms with van der Waals surface area (Å²) in [6, 6.07) is 2.55. The Balaban J connectivity index is 0.00000261. The zero-order valence-corrected chi connectivity index (χ0v) is 16.2. The average molecular weight is 430 g/mol. The van der Waals surface area contributed by atoms with Crippen LogP contribution in [0.15, 0.2) is 23.1 Å². The topological polar surface area (TPSA) is 70.7 Å². The van der Waals surface area contributed by atoms with E-state index in [-0.39, 0.29) is 30.4 Å². The van der Waals surface area contributed by atoms with Gasteiger partial charge in [-0.2, -0.15) is 13.2 Å². The summed E-state index contributed by atoms with van der Waals surface area (Å²) in [6.45, 7) is 1.22. The number of hydrogen-bond acceptors (Lipinski definition) is 5. The maximum Gasteiger partial charge on any atom is 0.405 e. The third-order valence-corrected chi connectivity index (χ3v) is 6.05. The highest BCUT2D eigenvalue weighted by molar-refractivity contribution is 7.89. The minimum absolute atomic E-state index is 0. The van der Waals surface area contributed by atoms with Gasteiger partial charge in [0, 0.05) is 32.7 Å². The van der Waals surface area contributed by atoms with Gasteiger partial charge >= 0.3 is 6.18 Å². The van der Waals surface area contributed by atoms with Crippen molar-refractivity contribution in [2.24, 2.45) is 0 Å². The summed E-state index contributed by atoms with van der Waals surface area (Å²) in [5, 5.41) is 2.99. The van der Waals surface area contributed by atoms with Crippen LogP contribution in [0.5, 0.6) is 5.75 Å². The van der Waals surface area contributed by atoms with Crippen molar-refractivity contribution in [1.82, 2.24) is 14.9 Å². The number of fused-ring (bicyclic) bond motifs is 1. The predicted octanol–water partition coefficient (Wildman–Crippen LogP) is 1.55. The van der Waals surface area contributed by atoms with E-state index in [4.69, 9.17) is 4.74 Å². The second-order valence-electron chi connectivity index (χ2n) is 6.42. The van der Waals surface area contributed by atoms with Gasteiger partial charge in [0.2, 0.25) is 10.0 Å². The molecule has 2 aliphatic rings. The molecule has 2 heterocycles. The summed E-state index contributed by atoms with van der Waals surface area (Å²) in [5.74, 6) is 0.629. The van der Waals surface area contributed by atoms with Crippen LogP contribution in [0.25, 0.3) is 0 Å². The molecule has 1 unspecified atom stereocenters. The molecule has 11 heteroatoms. The van der Waals surface area contributed by atoms with Crippen LogP contribution in [0.1, 0.15) is 12.0 Å². The molecule has 0 amide bonds. The molecule has 1 aromatic rings. The molecule has 2 aliphatic heterocycles. The first-order valence-electron chi connectivity index (χ1n) is 8.54. The zero-order chi connectivity index (χ0) is 18.8. The molecule has 0 aromatic heterocycles. The Kier molecular flexibility index (Phi) is 7.37. The molecule has 3 rings (SSSR count). The summed E-state index contributed by atoms with van der Waals surface area (Å²) in [7, 11) is -4.04. The van der Waals surface area contributed by atoms with Gasteiger partial charge in [-0.25, -0.2) is 13.1 Å². The fourth-order valence-electron chi connectivity index (χ4n) is 3.22. The second kappa shape index (κ2) is 8.95. The molecule has 154 valence electrons. The van der Waals surface area contributed by atoms with Crippen molar-refractivity contribution in [2.45, 2.75) is 30.0 Å². The molecule has 6 nitrogen and oxygen atoms in total. The first-order valence-corrected chi connectivity index (χ1v) is 10.0. The SMILES string of the molecule is Cl.O=S(=O)(NCC(N1CCNCC1)C(F)(F)F)c1ccc2c(c1)CCCO2. The maximum absolute atomic E-state index is 13.4. The summed E-state index contributed by atoms with van der Waals surface area (Å²) in [6.07, 6.45) is -3.04. The monoisotopic (exact) mass is 429 g/mol. The normalized spacial score (nSPS) is 19.5. The highest BCUT2D eigenvalue weighted by atomic mass is 35.5. The Morgan fingerprint density at radius 1 is 1.26 bits per heavy atom. The molecule has 1 aromatic carbocycles. The Morgan fingerprint density at radius 2 is 1.96 bits per heavy atom. The standard InChI is InChI=1S/C16H22F3N3O3S.ClH/c17-16(18,19)15(22-7-5-20-6-8-22)11-21-26(23,24)13-3-4-14-12(10-13)2-1-9-25-14;/h3-4,10,15,20-21H,1-2,5-9,11H2;1H. The molecule has 0 aliphatic carbocycles. The lowest BCUT2D eigenvalue weighted by Gasteiger charge is -2.35. The van der Waals surface area contributed by atoms with Crippen molar-refractivity contribution in [1.29, 1.82) is 0 Å². The quantitative estimate of drug-likeness (QED) is 0.743. The zero-order valence-electron chi connectivity index (χ0n) is 14.6. The largest absolute Gasteiger partial charge is 0.493 e. The van der Waals surface area contributed by atoms with Crippen molar-refractivity contribution >= 4 is 22.4 Å². The van der Waals surface area contributed by atoms with E-state index in [0.717, 1.165) is 12.0 Å². The van der Waals surface area contributed by atoms with E-state index in [0.29, 0.717) is 31.9 Å². The third kappa shape index (κ3) is 5.47. The van der Waals surface area contributed by atoms with E-state index in [1.54, 1.807) is 6.07 Å². The number of halogens is 4. The van der Waals surface area contributed by atoms with Crippen LogP contribution in [0.2, 0.25) is 0 Å². The van der Waals surface area contributed by atoms with Crippen LogP contribution < -0.4 is 14.8 Å². The molecule has 1 saturated heterocycles. The van der Waals surface area contributed by atoms with Crippen LogP contribution in [0, 0.1) is 0 Å². The lowest BCUT2D eigenvalue weighted by molar-refractivity contribution is -0.182. The van der Waals surface area contributed by atoms with E-state index < -0.39 is 28.8 Å². The summed E-state index contributed by atoms with van der Waals surface area (Å²) in [5.41, 5.74) is 0.758. The number of alkyl halides is 3. The van der Waals surface area contributed by atoms with Gasteiger partial charge < -0.3 is 10.1 Å². The minimum atomic E-state index is -4.51.